The van der Waals surface area contributed by atoms with E-state index in [0.29, 0.717) is 73.5 Å². The van der Waals surface area contributed by atoms with Gasteiger partial charge in [-0.15, -0.1) is 0 Å². The first-order valence-electron chi connectivity index (χ1n) is 14.2. The van der Waals surface area contributed by atoms with Crippen molar-refractivity contribution < 1.29 is 27.7 Å². The van der Waals surface area contributed by atoms with Gasteiger partial charge in [-0.3, -0.25) is 9.79 Å². The van der Waals surface area contributed by atoms with Crippen molar-refractivity contribution >= 4 is 21.4 Å². The molecule has 1 atom stereocenters. The Morgan fingerprint density at radius 2 is 1.95 bits per heavy atom. The number of aromatic nitrogens is 1. The molecule has 2 aromatic rings. The molecule has 1 N–H and O–H groups in total. The van der Waals surface area contributed by atoms with E-state index in [9.17, 15) is 18.3 Å². The molecular formula is C29H39N3O7S. The van der Waals surface area contributed by atoms with Gasteiger partial charge in [-0.05, 0) is 49.8 Å². The number of fused-ring (bicyclic) bond motifs is 1. The number of nitrogens with zero attached hydrogens (tertiary/aromatic N) is 3. The van der Waals surface area contributed by atoms with Gasteiger partial charge in [0, 0.05) is 43.2 Å². The van der Waals surface area contributed by atoms with Gasteiger partial charge in [0.1, 0.15) is 12.5 Å². The van der Waals surface area contributed by atoms with Crippen LogP contribution in [0.4, 0.5) is 5.69 Å². The number of pyridine rings is 1. The number of aliphatic imine (C=N–C) groups is 1. The van der Waals surface area contributed by atoms with E-state index in [0.717, 1.165) is 31.2 Å². The summed E-state index contributed by atoms with van der Waals surface area (Å²) in [4.78, 5) is 18.3. The number of rotatable bonds is 10. The smallest absolute Gasteiger partial charge is 0.256 e. The predicted octanol–water partition coefficient (Wildman–Crippen LogP) is 3.07. The Labute approximate surface area is 235 Å². The van der Waals surface area contributed by atoms with Crippen LogP contribution >= 0.6 is 0 Å². The minimum atomic E-state index is -3.76. The van der Waals surface area contributed by atoms with E-state index in [1.165, 1.54) is 4.57 Å². The number of hydrogen-bond acceptors (Lipinski definition) is 8. The van der Waals surface area contributed by atoms with E-state index in [-0.39, 0.29) is 35.5 Å². The quantitative estimate of drug-likeness (QED) is 0.464. The van der Waals surface area contributed by atoms with E-state index < -0.39 is 10.0 Å². The van der Waals surface area contributed by atoms with Crippen molar-refractivity contribution in [2.45, 2.75) is 70.0 Å². The summed E-state index contributed by atoms with van der Waals surface area (Å²) in [6.45, 7) is 5.97. The lowest BCUT2D eigenvalue weighted by atomic mass is 9.93. The molecule has 0 unspecified atom stereocenters. The maximum atomic E-state index is 13.8. The minimum absolute atomic E-state index is 0.0325. The van der Waals surface area contributed by atoms with Crippen molar-refractivity contribution in [2.24, 2.45) is 18.0 Å². The fraction of sp³-hybridized carbons (Fsp3) is 0.586. The van der Waals surface area contributed by atoms with Crippen LogP contribution in [-0.4, -0.2) is 67.3 Å². The average Bonchev–Trinajstić information content (AvgIpc) is 3.66. The number of benzene rings is 1. The van der Waals surface area contributed by atoms with Crippen LogP contribution in [0.15, 0.2) is 32.9 Å². The molecule has 0 radical (unpaired) electrons. The third kappa shape index (κ3) is 5.37. The van der Waals surface area contributed by atoms with Gasteiger partial charge in [0.2, 0.25) is 10.0 Å². The zero-order valence-corrected chi connectivity index (χ0v) is 24.3. The largest absolute Gasteiger partial charge is 0.493 e. The van der Waals surface area contributed by atoms with Crippen LogP contribution < -0.4 is 10.3 Å². The Balaban J connectivity index is 1.49. The van der Waals surface area contributed by atoms with Gasteiger partial charge in [0.25, 0.3) is 5.56 Å². The highest BCUT2D eigenvalue weighted by atomic mass is 32.2. The number of aliphatic hydroxyl groups is 1. The molecule has 0 bridgehead atoms. The minimum Gasteiger partial charge on any atom is -0.493 e. The van der Waals surface area contributed by atoms with Crippen LogP contribution in [-0.2, 0) is 46.0 Å². The van der Waals surface area contributed by atoms with Crippen LogP contribution in [0.25, 0.3) is 0 Å². The average molecular weight is 574 g/mol. The zero-order valence-electron chi connectivity index (χ0n) is 23.5. The van der Waals surface area contributed by atoms with Crippen molar-refractivity contribution in [1.29, 1.82) is 0 Å². The van der Waals surface area contributed by atoms with Gasteiger partial charge >= 0.3 is 0 Å². The van der Waals surface area contributed by atoms with Crippen molar-refractivity contribution in [3.63, 3.8) is 0 Å². The van der Waals surface area contributed by atoms with Gasteiger partial charge in [-0.1, -0.05) is 20.3 Å². The van der Waals surface area contributed by atoms with Crippen molar-refractivity contribution in [1.82, 2.24) is 8.87 Å². The Bertz CT molecular complexity index is 1440. The normalized spacial score (nSPS) is 20.1. The maximum absolute atomic E-state index is 13.8. The van der Waals surface area contributed by atoms with Crippen LogP contribution in [0.3, 0.4) is 0 Å². The molecular weight excluding hydrogens is 534 g/mol. The van der Waals surface area contributed by atoms with Crippen LogP contribution in [0.2, 0.25) is 0 Å². The number of aliphatic hydroxyl groups excluding tert-OH is 1. The molecule has 10 nitrogen and oxygen atoms in total. The summed E-state index contributed by atoms with van der Waals surface area (Å²) in [6.07, 6.45) is 4.03. The number of sulfonamides is 1. The number of piperidine rings is 1. The van der Waals surface area contributed by atoms with Crippen molar-refractivity contribution in [3.8, 4) is 5.75 Å². The summed E-state index contributed by atoms with van der Waals surface area (Å²) in [6, 6.07) is 4.93. The summed E-state index contributed by atoms with van der Waals surface area (Å²) in [5.74, 6) is 0.824. The van der Waals surface area contributed by atoms with E-state index in [2.05, 4.69) is 0 Å². The second-order valence-corrected chi connectivity index (χ2v) is 12.6. The lowest BCUT2D eigenvalue weighted by molar-refractivity contribution is 0.0184. The third-order valence-corrected chi connectivity index (χ3v) is 10.1. The summed E-state index contributed by atoms with van der Waals surface area (Å²) < 4.78 is 47.6. The van der Waals surface area contributed by atoms with Crippen LogP contribution in [0, 0.1) is 5.92 Å². The van der Waals surface area contributed by atoms with Gasteiger partial charge in [0.15, 0.2) is 0 Å². The molecule has 3 aliphatic heterocycles. The molecule has 2 fully saturated rings. The fourth-order valence-electron chi connectivity index (χ4n) is 5.94. The molecule has 40 heavy (non-hydrogen) atoms. The highest BCUT2D eigenvalue weighted by Crippen LogP contribution is 2.37. The standard InChI is InChI=1S/C29H39N3O7S/c1-4-6-21-25(16-33)31(3)29(34)23-15-24(30-28(21)23)22-14-20(7-8-26(22)38-13-5-2)40(35,36)32-11-9-19(10-12-32)27-17-37-18-39-27/h7-8,14,19,27,33H,4-6,9-13,15-18H2,1-3H3/t27-/m1/s1. The Hall–Kier alpha value is -2.57. The lowest BCUT2D eigenvalue weighted by Gasteiger charge is -2.33. The van der Waals surface area contributed by atoms with Crippen LogP contribution in [0.5, 0.6) is 5.75 Å². The van der Waals surface area contributed by atoms with Gasteiger partial charge < -0.3 is 23.9 Å². The van der Waals surface area contributed by atoms with Gasteiger partial charge in [-0.25, -0.2) is 8.42 Å². The number of ether oxygens (including phenoxy) is 3. The Morgan fingerprint density at radius 1 is 1.18 bits per heavy atom. The molecule has 0 spiro atoms. The highest BCUT2D eigenvalue weighted by Gasteiger charge is 2.35. The summed E-state index contributed by atoms with van der Waals surface area (Å²) in [5.41, 5.74) is 3.56. The fourth-order valence-corrected chi connectivity index (χ4v) is 7.44. The van der Waals surface area contributed by atoms with E-state index >= 15 is 0 Å². The SMILES string of the molecule is CCCOc1ccc(S(=O)(=O)N2CCC([C@H]3COCO3)CC2)cc1C1=Nc2c(CCC)c(CO)n(C)c(=O)c2C1. The van der Waals surface area contributed by atoms with Crippen LogP contribution in [0.1, 0.15) is 61.9 Å². The van der Waals surface area contributed by atoms with Gasteiger partial charge in [0.05, 0.1) is 47.9 Å². The lowest BCUT2D eigenvalue weighted by Crippen LogP contribution is -2.41. The summed E-state index contributed by atoms with van der Waals surface area (Å²) >= 11 is 0. The molecule has 218 valence electrons. The van der Waals surface area contributed by atoms with E-state index in [1.54, 1.807) is 29.6 Å². The maximum Gasteiger partial charge on any atom is 0.256 e. The first-order valence-corrected chi connectivity index (χ1v) is 15.6. The van der Waals surface area contributed by atoms with Gasteiger partial charge in [-0.2, -0.15) is 4.31 Å². The van der Waals surface area contributed by atoms with E-state index in [4.69, 9.17) is 19.2 Å². The predicted molar refractivity (Wildman–Crippen MR) is 151 cm³/mol. The molecule has 0 aliphatic carbocycles. The molecule has 0 amide bonds. The summed E-state index contributed by atoms with van der Waals surface area (Å²) in [7, 11) is -2.09. The topological polar surface area (TPSA) is 120 Å². The first kappa shape index (κ1) is 28.9. The monoisotopic (exact) mass is 573 g/mol. The molecule has 1 aromatic carbocycles. The second kappa shape index (κ2) is 12.1. The third-order valence-electron chi connectivity index (χ3n) is 8.16. The first-order chi connectivity index (χ1) is 19.3. The highest BCUT2D eigenvalue weighted by molar-refractivity contribution is 7.89. The Kier molecular flexibility index (Phi) is 8.77. The molecule has 1 aromatic heterocycles. The molecule has 2 saturated heterocycles. The number of hydrogen-bond donors (Lipinski definition) is 1. The second-order valence-electron chi connectivity index (χ2n) is 10.7. The van der Waals surface area contributed by atoms with E-state index in [1.807, 2.05) is 13.8 Å². The molecule has 5 rings (SSSR count). The Morgan fingerprint density at radius 3 is 2.60 bits per heavy atom. The molecule has 0 saturated carbocycles. The zero-order chi connectivity index (χ0) is 28.4. The summed E-state index contributed by atoms with van der Waals surface area (Å²) in [5, 5.41) is 10.0. The molecule has 4 heterocycles. The molecule has 11 heteroatoms. The van der Waals surface area contributed by atoms with Crippen molar-refractivity contribution in [2.75, 3.05) is 33.1 Å². The van der Waals surface area contributed by atoms with Crippen molar-refractivity contribution in [3.05, 3.63) is 50.9 Å². The molecule has 3 aliphatic rings.